The summed E-state index contributed by atoms with van der Waals surface area (Å²) in [5.41, 5.74) is 1.55. The van der Waals surface area contributed by atoms with Crippen LogP contribution in [0.15, 0.2) is 41.0 Å². The Morgan fingerprint density at radius 3 is 2.94 bits per heavy atom. The maximum atomic E-state index is 13.2. The maximum Gasteiger partial charge on any atom is 0.136 e. The number of ether oxygens (including phenoxy) is 1. The summed E-state index contributed by atoms with van der Waals surface area (Å²) in [7, 11) is 1.64. The van der Waals surface area contributed by atoms with Crippen LogP contribution in [0.2, 0.25) is 0 Å². The van der Waals surface area contributed by atoms with Crippen molar-refractivity contribution in [1.29, 1.82) is 0 Å². The van der Waals surface area contributed by atoms with Gasteiger partial charge in [0.15, 0.2) is 0 Å². The minimum Gasteiger partial charge on any atom is -0.464 e. The average Bonchev–Trinajstić information content (AvgIpc) is 2.85. The molecular weight excluding hydrogens is 221 g/mol. The first-order valence-electron chi connectivity index (χ1n) is 5.37. The van der Waals surface area contributed by atoms with E-state index >= 15 is 0 Å². The summed E-state index contributed by atoms with van der Waals surface area (Å²) in [5, 5.41) is 3.18. The van der Waals surface area contributed by atoms with Crippen LogP contribution in [0.4, 0.5) is 10.1 Å². The first-order valence-corrected chi connectivity index (χ1v) is 5.37. The monoisotopic (exact) mass is 235 g/mol. The van der Waals surface area contributed by atoms with Crippen LogP contribution in [-0.4, -0.2) is 20.3 Å². The van der Waals surface area contributed by atoms with Gasteiger partial charge >= 0.3 is 0 Å². The molecule has 1 aromatic heterocycles. The molecule has 1 aromatic carbocycles. The first-order chi connectivity index (χ1) is 8.31. The highest BCUT2D eigenvalue weighted by molar-refractivity contribution is 5.74. The van der Waals surface area contributed by atoms with E-state index in [0.29, 0.717) is 24.5 Å². The number of halogens is 1. The van der Waals surface area contributed by atoms with Crippen molar-refractivity contribution >= 4 is 5.69 Å². The molecule has 0 amide bonds. The molecule has 0 bridgehead atoms. The third kappa shape index (κ3) is 2.85. The summed E-state index contributed by atoms with van der Waals surface area (Å²) in [4.78, 5) is 0. The fraction of sp³-hybridized carbons (Fsp3) is 0.231. The lowest BCUT2D eigenvalue weighted by atomic mass is 10.1. The highest BCUT2D eigenvalue weighted by atomic mass is 19.1. The fourth-order valence-electron chi connectivity index (χ4n) is 1.59. The molecule has 90 valence electrons. The van der Waals surface area contributed by atoms with E-state index in [1.807, 2.05) is 0 Å². The van der Waals surface area contributed by atoms with Gasteiger partial charge in [-0.15, -0.1) is 0 Å². The van der Waals surface area contributed by atoms with Crippen LogP contribution >= 0.6 is 0 Å². The van der Waals surface area contributed by atoms with Gasteiger partial charge in [0.05, 0.1) is 12.9 Å². The van der Waals surface area contributed by atoms with Crippen molar-refractivity contribution in [3.05, 3.63) is 42.4 Å². The maximum absolute atomic E-state index is 13.2. The van der Waals surface area contributed by atoms with Gasteiger partial charge in [0.2, 0.25) is 0 Å². The van der Waals surface area contributed by atoms with E-state index in [9.17, 15) is 4.39 Å². The van der Waals surface area contributed by atoms with E-state index < -0.39 is 0 Å². The molecule has 4 heteroatoms. The Balaban J connectivity index is 2.25. The summed E-state index contributed by atoms with van der Waals surface area (Å²) in [5.74, 6) is 0.359. The number of rotatable bonds is 5. The first kappa shape index (κ1) is 11.7. The molecule has 1 heterocycles. The quantitative estimate of drug-likeness (QED) is 0.808. The lowest BCUT2D eigenvalue weighted by Crippen LogP contribution is -2.08. The van der Waals surface area contributed by atoms with Crippen molar-refractivity contribution < 1.29 is 13.5 Å². The van der Waals surface area contributed by atoms with E-state index in [4.69, 9.17) is 9.15 Å². The van der Waals surface area contributed by atoms with Gasteiger partial charge in [-0.25, -0.2) is 4.39 Å². The zero-order chi connectivity index (χ0) is 12.1. The zero-order valence-electron chi connectivity index (χ0n) is 9.57. The molecule has 3 nitrogen and oxygen atoms in total. The minimum atomic E-state index is -0.284. The molecule has 17 heavy (non-hydrogen) atoms. The number of hydrogen-bond donors (Lipinski definition) is 1. The number of benzene rings is 1. The molecular formula is C13H14FNO2. The summed E-state index contributed by atoms with van der Waals surface area (Å²) in [6.07, 6.45) is 1.57. The fourth-order valence-corrected chi connectivity index (χ4v) is 1.59. The Morgan fingerprint density at radius 2 is 2.24 bits per heavy atom. The van der Waals surface area contributed by atoms with E-state index in [-0.39, 0.29) is 5.82 Å². The Kier molecular flexibility index (Phi) is 3.77. The highest BCUT2D eigenvalue weighted by Gasteiger charge is 2.08. The smallest absolute Gasteiger partial charge is 0.136 e. The van der Waals surface area contributed by atoms with Gasteiger partial charge < -0.3 is 14.5 Å². The molecule has 2 aromatic rings. The van der Waals surface area contributed by atoms with Crippen molar-refractivity contribution in [2.45, 2.75) is 0 Å². The second kappa shape index (κ2) is 5.50. The van der Waals surface area contributed by atoms with E-state index in [0.717, 1.165) is 5.69 Å². The SMILES string of the molecule is COCCNc1ccc(F)cc1-c1ccco1. The summed E-state index contributed by atoms with van der Waals surface area (Å²) >= 11 is 0. The number of nitrogens with one attached hydrogen (secondary N) is 1. The molecule has 0 spiro atoms. The van der Waals surface area contributed by atoms with Crippen molar-refractivity contribution in [2.24, 2.45) is 0 Å². The molecule has 2 rings (SSSR count). The number of hydrogen-bond acceptors (Lipinski definition) is 3. The summed E-state index contributed by atoms with van der Waals surface area (Å²) < 4.78 is 23.5. The van der Waals surface area contributed by atoms with Gasteiger partial charge in [-0.1, -0.05) is 0 Å². The average molecular weight is 235 g/mol. The Bertz CT molecular complexity index is 468. The van der Waals surface area contributed by atoms with E-state index in [2.05, 4.69) is 5.32 Å². The molecule has 0 fully saturated rings. The molecule has 0 atom stereocenters. The Labute approximate surface area is 99.2 Å². The van der Waals surface area contributed by atoms with Crippen molar-refractivity contribution in [1.82, 2.24) is 0 Å². The van der Waals surface area contributed by atoms with Crippen LogP contribution in [0.5, 0.6) is 0 Å². The van der Waals surface area contributed by atoms with Crippen LogP contribution in [0.1, 0.15) is 0 Å². The summed E-state index contributed by atoms with van der Waals surface area (Å²) in [6, 6.07) is 8.15. The number of methoxy groups -OCH3 is 1. The van der Waals surface area contributed by atoms with E-state index in [1.54, 1.807) is 31.6 Å². The van der Waals surface area contributed by atoms with Crippen molar-refractivity contribution in [3.63, 3.8) is 0 Å². The van der Waals surface area contributed by atoms with Gasteiger partial charge in [-0.05, 0) is 30.3 Å². The Morgan fingerprint density at radius 1 is 1.35 bits per heavy atom. The van der Waals surface area contributed by atoms with Crippen LogP contribution in [0.3, 0.4) is 0 Å². The van der Waals surface area contributed by atoms with Gasteiger partial charge in [0.1, 0.15) is 11.6 Å². The van der Waals surface area contributed by atoms with Gasteiger partial charge in [-0.2, -0.15) is 0 Å². The standard InChI is InChI=1S/C13H14FNO2/c1-16-8-6-15-12-5-4-10(14)9-11(12)13-3-2-7-17-13/h2-5,7,9,15H,6,8H2,1H3. The number of anilines is 1. The molecule has 0 aliphatic heterocycles. The molecule has 0 saturated heterocycles. The topological polar surface area (TPSA) is 34.4 Å². The van der Waals surface area contributed by atoms with Crippen LogP contribution in [0.25, 0.3) is 11.3 Å². The molecule has 0 aliphatic carbocycles. The van der Waals surface area contributed by atoms with E-state index in [1.165, 1.54) is 12.1 Å². The lowest BCUT2D eigenvalue weighted by Gasteiger charge is -2.10. The summed E-state index contributed by atoms with van der Waals surface area (Å²) in [6.45, 7) is 1.25. The molecule has 1 N–H and O–H groups in total. The zero-order valence-corrected chi connectivity index (χ0v) is 9.57. The predicted molar refractivity (Wildman–Crippen MR) is 64.5 cm³/mol. The van der Waals surface area contributed by atoms with Crippen molar-refractivity contribution in [3.8, 4) is 11.3 Å². The van der Waals surface area contributed by atoms with Crippen molar-refractivity contribution in [2.75, 3.05) is 25.6 Å². The third-order valence-corrected chi connectivity index (χ3v) is 2.39. The van der Waals surface area contributed by atoms with Gasteiger partial charge in [0, 0.05) is 24.9 Å². The second-order valence-electron chi connectivity index (χ2n) is 3.59. The third-order valence-electron chi connectivity index (χ3n) is 2.39. The molecule has 0 saturated carbocycles. The lowest BCUT2D eigenvalue weighted by molar-refractivity contribution is 0.211. The second-order valence-corrected chi connectivity index (χ2v) is 3.59. The number of furan rings is 1. The van der Waals surface area contributed by atoms with Crippen LogP contribution in [0, 0.1) is 5.82 Å². The Hall–Kier alpha value is -1.81. The minimum absolute atomic E-state index is 0.284. The largest absolute Gasteiger partial charge is 0.464 e. The van der Waals surface area contributed by atoms with Gasteiger partial charge in [0.25, 0.3) is 0 Å². The highest BCUT2D eigenvalue weighted by Crippen LogP contribution is 2.28. The molecule has 0 radical (unpaired) electrons. The molecule has 0 aliphatic rings. The predicted octanol–water partition coefficient (Wildman–Crippen LogP) is 3.14. The van der Waals surface area contributed by atoms with Crippen LogP contribution < -0.4 is 5.32 Å². The van der Waals surface area contributed by atoms with Gasteiger partial charge in [-0.3, -0.25) is 0 Å². The normalized spacial score (nSPS) is 10.5. The van der Waals surface area contributed by atoms with Crippen LogP contribution in [-0.2, 0) is 4.74 Å². The molecule has 0 unspecified atom stereocenters.